The Morgan fingerprint density at radius 2 is 1.42 bits per heavy atom. The average molecular weight is 270 g/mol. The van der Waals surface area contributed by atoms with Crippen molar-refractivity contribution in [2.45, 2.75) is 89.6 Å². The van der Waals surface area contributed by atoms with Gasteiger partial charge in [-0.1, -0.05) is 44.9 Å². The van der Waals surface area contributed by atoms with E-state index in [0.29, 0.717) is 13.0 Å². The molecule has 1 saturated heterocycles. The number of aliphatic hydroxyl groups is 1. The van der Waals surface area contributed by atoms with Gasteiger partial charge in [0.25, 0.3) is 0 Å². The molecule has 0 saturated carbocycles. The Bertz CT molecular complexity index is 248. The summed E-state index contributed by atoms with van der Waals surface area (Å²) in [6.07, 6.45) is 12.4. The lowest BCUT2D eigenvalue weighted by Crippen LogP contribution is -2.24. The first-order chi connectivity index (χ1) is 9.10. The van der Waals surface area contributed by atoms with Crippen LogP contribution in [-0.2, 0) is 9.53 Å². The van der Waals surface area contributed by atoms with Gasteiger partial charge in [-0.15, -0.1) is 0 Å². The zero-order valence-corrected chi connectivity index (χ0v) is 12.5. The molecule has 19 heavy (non-hydrogen) atoms. The van der Waals surface area contributed by atoms with Gasteiger partial charge in [0.05, 0.1) is 12.2 Å². The van der Waals surface area contributed by atoms with Gasteiger partial charge in [0.2, 0.25) is 0 Å². The number of hydrogen-bond acceptors (Lipinski definition) is 3. The van der Waals surface area contributed by atoms with Crippen LogP contribution in [0.25, 0.3) is 0 Å². The van der Waals surface area contributed by atoms with Crippen LogP contribution in [0.5, 0.6) is 0 Å². The topological polar surface area (TPSA) is 46.5 Å². The van der Waals surface area contributed by atoms with Crippen LogP contribution < -0.4 is 0 Å². The van der Waals surface area contributed by atoms with Crippen molar-refractivity contribution >= 4 is 5.97 Å². The number of rotatable bonds is 0. The quantitative estimate of drug-likeness (QED) is 0.677. The Kier molecular flexibility index (Phi) is 8.11. The van der Waals surface area contributed by atoms with Crippen LogP contribution in [0.3, 0.4) is 0 Å². The summed E-state index contributed by atoms with van der Waals surface area (Å²) in [6, 6.07) is 0. The summed E-state index contributed by atoms with van der Waals surface area (Å²) in [7, 11) is 0. The lowest BCUT2D eigenvalue weighted by atomic mass is 9.93. The van der Waals surface area contributed by atoms with E-state index < -0.39 is 5.60 Å². The van der Waals surface area contributed by atoms with Crippen LogP contribution >= 0.6 is 0 Å². The summed E-state index contributed by atoms with van der Waals surface area (Å²) in [5.74, 6) is -0.0771. The van der Waals surface area contributed by atoms with E-state index in [1.807, 2.05) is 6.92 Å². The summed E-state index contributed by atoms with van der Waals surface area (Å²) in [6.45, 7) is 2.35. The summed E-state index contributed by atoms with van der Waals surface area (Å²) in [5.41, 5.74) is -0.594. The molecule has 1 N–H and O–H groups in total. The minimum atomic E-state index is -0.594. The van der Waals surface area contributed by atoms with Crippen LogP contribution in [0.15, 0.2) is 0 Å². The highest BCUT2D eigenvalue weighted by molar-refractivity contribution is 5.69. The fourth-order valence-electron chi connectivity index (χ4n) is 2.67. The van der Waals surface area contributed by atoms with E-state index in [0.717, 1.165) is 38.5 Å². The Morgan fingerprint density at radius 1 is 0.895 bits per heavy atom. The Morgan fingerprint density at radius 3 is 2.11 bits per heavy atom. The monoisotopic (exact) mass is 270 g/mol. The van der Waals surface area contributed by atoms with Crippen LogP contribution in [0.4, 0.5) is 0 Å². The van der Waals surface area contributed by atoms with Crippen LogP contribution in [0.1, 0.15) is 84.0 Å². The molecule has 1 aliphatic heterocycles. The molecular weight excluding hydrogens is 240 g/mol. The zero-order chi connectivity index (χ0) is 14.0. The first-order valence-corrected chi connectivity index (χ1v) is 7.98. The third-order valence-electron chi connectivity index (χ3n) is 3.97. The molecule has 3 heteroatoms. The highest BCUT2D eigenvalue weighted by Gasteiger charge is 2.19. The maximum atomic E-state index is 11.5. The van der Waals surface area contributed by atoms with E-state index in [1.54, 1.807) is 0 Å². The molecule has 0 amide bonds. The molecule has 0 bridgehead atoms. The van der Waals surface area contributed by atoms with Crippen LogP contribution in [-0.4, -0.2) is 23.3 Å². The predicted molar refractivity (Wildman–Crippen MR) is 77.0 cm³/mol. The van der Waals surface area contributed by atoms with Crippen molar-refractivity contribution in [1.82, 2.24) is 0 Å². The van der Waals surface area contributed by atoms with Gasteiger partial charge in [0.15, 0.2) is 0 Å². The molecule has 1 fully saturated rings. The second kappa shape index (κ2) is 9.35. The van der Waals surface area contributed by atoms with Gasteiger partial charge >= 0.3 is 5.97 Å². The fraction of sp³-hybridized carbons (Fsp3) is 0.938. The van der Waals surface area contributed by atoms with E-state index >= 15 is 0 Å². The standard InChI is InChI=1S/C16H30O3/c1-16(18)12-9-7-5-3-2-4-6-8-11-15(17)19-14-10-13-16/h18H,2-14H2,1H3. The SMILES string of the molecule is CC1(O)CCCCCCCCCCC(=O)OCCC1. The number of hydrogen-bond donors (Lipinski definition) is 1. The number of cyclic esters (lactones) is 1. The second-order valence-electron chi connectivity index (χ2n) is 6.15. The fourth-order valence-corrected chi connectivity index (χ4v) is 2.67. The third-order valence-corrected chi connectivity index (χ3v) is 3.97. The first kappa shape index (κ1) is 16.5. The highest BCUT2D eigenvalue weighted by Crippen LogP contribution is 2.21. The van der Waals surface area contributed by atoms with E-state index in [4.69, 9.17) is 4.74 Å². The maximum Gasteiger partial charge on any atom is 0.305 e. The van der Waals surface area contributed by atoms with Gasteiger partial charge in [-0.3, -0.25) is 4.79 Å². The normalized spacial score (nSPS) is 29.7. The lowest BCUT2D eigenvalue weighted by Gasteiger charge is -2.23. The third kappa shape index (κ3) is 9.04. The molecule has 1 unspecified atom stereocenters. The summed E-state index contributed by atoms with van der Waals surface area (Å²) >= 11 is 0. The van der Waals surface area contributed by atoms with E-state index in [1.165, 1.54) is 32.1 Å². The van der Waals surface area contributed by atoms with Gasteiger partial charge in [-0.25, -0.2) is 0 Å². The maximum absolute atomic E-state index is 11.5. The predicted octanol–water partition coefficient (Wildman–Crippen LogP) is 3.98. The molecule has 1 rings (SSSR count). The van der Waals surface area contributed by atoms with Gasteiger partial charge < -0.3 is 9.84 Å². The van der Waals surface area contributed by atoms with Gasteiger partial charge in [-0.2, -0.15) is 0 Å². The van der Waals surface area contributed by atoms with E-state index in [2.05, 4.69) is 0 Å². The molecule has 1 aliphatic rings. The summed E-state index contributed by atoms with van der Waals surface area (Å²) in [4.78, 5) is 11.5. The molecule has 0 aromatic rings. The van der Waals surface area contributed by atoms with Crippen LogP contribution in [0, 0.1) is 0 Å². The molecule has 1 heterocycles. The Hall–Kier alpha value is -0.570. The van der Waals surface area contributed by atoms with Crippen molar-refractivity contribution in [3.05, 3.63) is 0 Å². The number of ether oxygens (including phenoxy) is 1. The minimum Gasteiger partial charge on any atom is -0.466 e. The van der Waals surface area contributed by atoms with E-state index in [9.17, 15) is 9.90 Å². The lowest BCUT2D eigenvalue weighted by molar-refractivity contribution is -0.144. The van der Waals surface area contributed by atoms with Gasteiger partial charge in [0.1, 0.15) is 0 Å². The molecule has 0 aliphatic carbocycles. The number of carbonyl (C=O) groups excluding carboxylic acids is 1. The van der Waals surface area contributed by atoms with Crippen molar-refractivity contribution in [3.8, 4) is 0 Å². The molecular formula is C16H30O3. The summed E-state index contributed by atoms with van der Waals surface area (Å²) in [5, 5.41) is 10.2. The molecule has 112 valence electrons. The van der Waals surface area contributed by atoms with Gasteiger partial charge in [0, 0.05) is 6.42 Å². The molecule has 3 nitrogen and oxygen atoms in total. The number of esters is 1. The molecule has 0 spiro atoms. The second-order valence-corrected chi connectivity index (χ2v) is 6.15. The Balaban J connectivity index is 2.30. The average Bonchev–Trinajstić information content (AvgIpc) is 2.36. The Labute approximate surface area is 117 Å². The van der Waals surface area contributed by atoms with Crippen molar-refractivity contribution in [3.63, 3.8) is 0 Å². The van der Waals surface area contributed by atoms with Crippen molar-refractivity contribution in [1.29, 1.82) is 0 Å². The molecule has 0 radical (unpaired) electrons. The minimum absolute atomic E-state index is 0.0771. The highest BCUT2D eigenvalue weighted by atomic mass is 16.5. The van der Waals surface area contributed by atoms with Gasteiger partial charge in [-0.05, 0) is 32.6 Å². The summed E-state index contributed by atoms with van der Waals surface area (Å²) < 4.78 is 5.19. The largest absolute Gasteiger partial charge is 0.466 e. The molecule has 0 aromatic carbocycles. The molecule has 1 atom stereocenters. The van der Waals surface area contributed by atoms with Crippen LogP contribution in [0.2, 0.25) is 0 Å². The zero-order valence-electron chi connectivity index (χ0n) is 12.5. The first-order valence-electron chi connectivity index (χ1n) is 7.98. The van der Waals surface area contributed by atoms with Crippen molar-refractivity contribution in [2.75, 3.05) is 6.61 Å². The van der Waals surface area contributed by atoms with Crippen molar-refractivity contribution < 1.29 is 14.6 Å². The van der Waals surface area contributed by atoms with E-state index in [-0.39, 0.29) is 5.97 Å². The molecule has 0 aromatic heterocycles. The van der Waals surface area contributed by atoms with Crippen molar-refractivity contribution in [2.24, 2.45) is 0 Å². The smallest absolute Gasteiger partial charge is 0.305 e. The number of carbonyl (C=O) groups is 1.